The molecule has 21 heavy (non-hydrogen) atoms. The van der Waals surface area contributed by atoms with Crippen molar-refractivity contribution in [3.8, 4) is 0 Å². The molecule has 1 amide bonds. The summed E-state index contributed by atoms with van der Waals surface area (Å²) in [5, 5.41) is 16.1. The number of amides is 1. The van der Waals surface area contributed by atoms with Gasteiger partial charge in [0.1, 0.15) is 11.4 Å². The highest BCUT2D eigenvalue weighted by Crippen LogP contribution is 2.17. The molecule has 0 aliphatic carbocycles. The van der Waals surface area contributed by atoms with Crippen molar-refractivity contribution in [2.75, 3.05) is 5.32 Å². The summed E-state index contributed by atoms with van der Waals surface area (Å²) in [6, 6.07) is 3.29. The van der Waals surface area contributed by atoms with Crippen LogP contribution in [0.1, 0.15) is 18.2 Å². The van der Waals surface area contributed by atoms with E-state index in [1.165, 1.54) is 17.4 Å². The molecule has 0 aliphatic rings. The maximum Gasteiger partial charge on any atom is 0.230 e. The molecule has 0 saturated heterocycles. The van der Waals surface area contributed by atoms with Crippen LogP contribution in [0.2, 0.25) is 0 Å². The van der Waals surface area contributed by atoms with Crippen molar-refractivity contribution >= 4 is 28.1 Å². The molecule has 0 radical (unpaired) electrons. The Kier molecular flexibility index (Phi) is 4.59. The Morgan fingerprint density at radius 3 is 2.86 bits per heavy atom. The van der Waals surface area contributed by atoms with Crippen LogP contribution >= 0.6 is 11.3 Å². The van der Waals surface area contributed by atoms with Crippen LogP contribution in [-0.4, -0.2) is 21.8 Å². The summed E-state index contributed by atoms with van der Waals surface area (Å²) < 4.78 is 25.8. The Morgan fingerprint density at radius 1 is 1.43 bits per heavy atom. The summed E-state index contributed by atoms with van der Waals surface area (Å²) in [5.41, 5.74) is 1.13. The van der Waals surface area contributed by atoms with Crippen molar-refractivity contribution in [3.05, 3.63) is 46.5 Å². The number of benzene rings is 1. The average molecular weight is 311 g/mol. The number of anilines is 1. The summed E-state index contributed by atoms with van der Waals surface area (Å²) in [6.07, 6.45) is -0.0980. The summed E-state index contributed by atoms with van der Waals surface area (Å²) in [4.78, 5) is 15.8. The number of halogens is 2. The predicted molar refractivity (Wildman–Crippen MR) is 74.8 cm³/mol. The number of carbonyl (C=O) groups is 1. The number of hydrogen-bond acceptors (Lipinski definition) is 5. The van der Waals surface area contributed by atoms with Crippen molar-refractivity contribution in [3.63, 3.8) is 0 Å². The highest BCUT2D eigenvalue weighted by atomic mass is 32.1. The van der Waals surface area contributed by atoms with Gasteiger partial charge in [0.2, 0.25) is 5.91 Å². The highest BCUT2D eigenvalue weighted by molar-refractivity contribution is 7.14. The van der Waals surface area contributed by atoms with Gasteiger partial charge in [0.15, 0.2) is 16.8 Å². The summed E-state index contributed by atoms with van der Waals surface area (Å²) >= 11 is 1.17. The van der Waals surface area contributed by atoms with Crippen LogP contribution in [-0.2, 0) is 11.2 Å². The van der Waals surface area contributed by atoms with Gasteiger partial charge in [-0.05, 0) is 24.6 Å². The first-order valence-electron chi connectivity index (χ1n) is 5.88. The van der Waals surface area contributed by atoms with Gasteiger partial charge in [0.05, 0.1) is 6.42 Å². The first kappa shape index (κ1) is 15.0. The van der Waals surface area contributed by atoms with Gasteiger partial charge in [-0.15, -0.1) is 11.3 Å². The molecule has 0 unspecified atom stereocenters. The number of carbonyl (C=O) groups excluding carboxylic acids is 1. The molecule has 1 heterocycles. The van der Waals surface area contributed by atoms with E-state index in [1.807, 2.05) is 0 Å². The molecule has 0 fully saturated rings. The first-order valence-corrected chi connectivity index (χ1v) is 6.76. The molecule has 5 nitrogen and oxygen atoms in total. The van der Waals surface area contributed by atoms with Gasteiger partial charge >= 0.3 is 0 Å². The van der Waals surface area contributed by atoms with E-state index >= 15 is 0 Å². The van der Waals surface area contributed by atoms with Gasteiger partial charge < -0.3 is 10.5 Å². The number of thiazole rings is 1. The minimum absolute atomic E-state index is 0.0980. The average Bonchev–Trinajstić information content (AvgIpc) is 2.90. The summed E-state index contributed by atoms with van der Waals surface area (Å²) in [6.45, 7) is 1.57. The molecule has 1 aromatic heterocycles. The second-order valence-corrected chi connectivity index (χ2v) is 5.05. The third-order valence-corrected chi connectivity index (χ3v) is 3.38. The van der Waals surface area contributed by atoms with Crippen LogP contribution in [0.15, 0.2) is 28.7 Å². The lowest BCUT2D eigenvalue weighted by atomic mass is 10.1. The number of hydrogen-bond donors (Lipinski definition) is 2. The Labute approximate surface area is 122 Å². The molecule has 110 valence electrons. The van der Waals surface area contributed by atoms with E-state index in [0.29, 0.717) is 22.1 Å². The van der Waals surface area contributed by atoms with Crippen molar-refractivity contribution in [2.45, 2.75) is 13.3 Å². The molecule has 0 bridgehead atoms. The van der Waals surface area contributed by atoms with E-state index in [9.17, 15) is 13.6 Å². The van der Waals surface area contributed by atoms with Crippen LogP contribution in [0, 0.1) is 11.6 Å². The Morgan fingerprint density at radius 2 is 2.19 bits per heavy atom. The number of nitrogens with one attached hydrogen (secondary N) is 1. The fraction of sp³-hybridized carbons (Fsp3) is 0.154. The second kappa shape index (κ2) is 6.40. The second-order valence-electron chi connectivity index (χ2n) is 4.20. The maximum atomic E-state index is 13.0. The minimum Gasteiger partial charge on any atom is -0.411 e. The van der Waals surface area contributed by atoms with E-state index in [0.717, 1.165) is 12.1 Å². The third kappa shape index (κ3) is 3.82. The summed E-state index contributed by atoms with van der Waals surface area (Å²) in [7, 11) is 0. The lowest BCUT2D eigenvalue weighted by Gasteiger charge is -2.02. The third-order valence-electron chi connectivity index (χ3n) is 2.62. The molecular weight excluding hydrogens is 300 g/mol. The van der Waals surface area contributed by atoms with Gasteiger partial charge in [-0.2, -0.15) is 0 Å². The number of aromatic nitrogens is 1. The van der Waals surface area contributed by atoms with Gasteiger partial charge in [-0.3, -0.25) is 4.79 Å². The predicted octanol–water partition coefficient (Wildman–Crippen LogP) is 2.80. The van der Waals surface area contributed by atoms with Gasteiger partial charge in [0.25, 0.3) is 0 Å². The molecule has 8 heteroatoms. The SMILES string of the molecule is C/C(=N/O)c1csc(NC(=O)Cc2ccc(F)c(F)c2)n1. The maximum absolute atomic E-state index is 13.0. The Balaban J connectivity index is 2.01. The van der Waals surface area contributed by atoms with Crippen molar-refractivity contribution in [1.29, 1.82) is 0 Å². The standard InChI is InChI=1S/C13H11F2N3O2S/c1-7(18-20)11-6-21-13(16-11)17-12(19)5-8-2-3-9(14)10(15)4-8/h2-4,6,20H,5H2,1H3,(H,16,17,19)/b18-7-. The van der Waals surface area contributed by atoms with E-state index in [4.69, 9.17) is 5.21 Å². The Bertz CT molecular complexity index is 700. The van der Waals surface area contributed by atoms with Crippen LogP contribution in [0.25, 0.3) is 0 Å². The molecule has 1 aromatic carbocycles. The Hall–Kier alpha value is -2.35. The molecular formula is C13H11F2N3O2S. The monoisotopic (exact) mass is 311 g/mol. The molecule has 0 spiro atoms. The van der Waals surface area contributed by atoms with Crippen molar-refractivity contribution in [2.24, 2.45) is 5.16 Å². The zero-order valence-electron chi connectivity index (χ0n) is 10.9. The normalized spacial score (nSPS) is 11.5. The lowest BCUT2D eigenvalue weighted by molar-refractivity contribution is -0.115. The topological polar surface area (TPSA) is 74.6 Å². The van der Waals surface area contributed by atoms with Crippen molar-refractivity contribution in [1.82, 2.24) is 4.98 Å². The molecule has 0 atom stereocenters. The van der Waals surface area contributed by atoms with Crippen LogP contribution in [0.4, 0.5) is 13.9 Å². The molecule has 2 rings (SSSR count). The quantitative estimate of drug-likeness (QED) is 0.518. The van der Waals surface area contributed by atoms with Crippen molar-refractivity contribution < 1.29 is 18.8 Å². The van der Waals surface area contributed by atoms with Crippen LogP contribution < -0.4 is 5.32 Å². The van der Waals surface area contributed by atoms with Gasteiger partial charge in [0, 0.05) is 5.38 Å². The highest BCUT2D eigenvalue weighted by Gasteiger charge is 2.10. The minimum atomic E-state index is -0.994. The fourth-order valence-corrected chi connectivity index (χ4v) is 2.32. The van der Waals surface area contributed by atoms with E-state index in [-0.39, 0.29) is 6.42 Å². The van der Waals surface area contributed by atoms with Gasteiger partial charge in [-0.25, -0.2) is 13.8 Å². The van der Waals surface area contributed by atoms with Crippen LogP contribution in [0.3, 0.4) is 0 Å². The molecule has 2 N–H and O–H groups in total. The zero-order valence-corrected chi connectivity index (χ0v) is 11.7. The van der Waals surface area contributed by atoms with Gasteiger partial charge in [-0.1, -0.05) is 11.2 Å². The van der Waals surface area contributed by atoms with E-state index in [2.05, 4.69) is 15.5 Å². The molecule has 2 aromatic rings. The zero-order chi connectivity index (χ0) is 15.4. The first-order chi connectivity index (χ1) is 9.99. The summed E-state index contributed by atoms with van der Waals surface area (Å²) in [5.74, 6) is -2.35. The smallest absolute Gasteiger partial charge is 0.230 e. The largest absolute Gasteiger partial charge is 0.411 e. The fourth-order valence-electron chi connectivity index (χ4n) is 1.55. The number of oxime groups is 1. The molecule has 0 saturated carbocycles. The van der Waals surface area contributed by atoms with E-state index in [1.54, 1.807) is 12.3 Å². The number of nitrogens with zero attached hydrogens (tertiary/aromatic N) is 2. The lowest BCUT2D eigenvalue weighted by Crippen LogP contribution is -2.14. The van der Waals surface area contributed by atoms with E-state index < -0.39 is 17.5 Å². The van der Waals surface area contributed by atoms with Crippen LogP contribution in [0.5, 0.6) is 0 Å². The molecule has 0 aliphatic heterocycles. The number of rotatable bonds is 4.